The number of phenols is 2. The van der Waals surface area contributed by atoms with Crippen LogP contribution in [0, 0.1) is 13.8 Å². The van der Waals surface area contributed by atoms with Crippen molar-refractivity contribution in [2.24, 2.45) is 0 Å². The summed E-state index contributed by atoms with van der Waals surface area (Å²) in [5, 5.41) is 19.3. The average Bonchev–Trinajstić information content (AvgIpc) is 2.23. The molecule has 0 saturated carbocycles. The van der Waals surface area contributed by atoms with Gasteiger partial charge in [0.25, 0.3) is 0 Å². The van der Waals surface area contributed by atoms with Crippen LogP contribution in [0.1, 0.15) is 11.1 Å². The quantitative estimate of drug-likeness (QED) is 0.764. The summed E-state index contributed by atoms with van der Waals surface area (Å²) in [4.78, 5) is 0. The van der Waals surface area contributed by atoms with Gasteiger partial charge in [0, 0.05) is 5.56 Å². The van der Waals surface area contributed by atoms with Gasteiger partial charge in [0.2, 0.25) is 0 Å². The molecule has 0 fully saturated rings. The molecule has 0 amide bonds. The van der Waals surface area contributed by atoms with Gasteiger partial charge in [-0.3, -0.25) is 0 Å². The van der Waals surface area contributed by atoms with E-state index in [-0.39, 0.29) is 11.5 Å². The van der Waals surface area contributed by atoms with Crippen molar-refractivity contribution in [2.45, 2.75) is 13.8 Å². The van der Waals surface area contributed by atoms with Gasteiger partial charge in [0.15, 0.2) is 0 Å². The molecule has 0 aromatic heterocycles. The number of rotatable bonds is 1. The molecule has 0 bridgehead atoms. The van der Waals surface area contributed by atoms with Crippen LogP contribution in [0.25, 0.3) is 11.1 Å². The lowest BCUT2D eigenvalue weighted by Crippen LogP contribution is -1.85. The lowest BCUT2D eigenvalue weighted by molar-refractivity contribution is 0.470. The second-order valence-corrected chi connectivity index (χ2v) is 3.97. The van der Waals surface area contributed by atoms with E-state index in [0.29, 0.717) is 0 Å². The van der Waals surface area contributed by atoms with Crippen LogP contribution < -0.4 is 0 Å². The van der Waals surface area contributed by atoms with Gasteiger partial charge in [0.05, 0.1) is 0 Å². The highest BCUT2D eigenvalue weighted by atomic mass is 16.3. The van der Waals surface area contributed by atoms with E-state index in [9.17, 15) is 10.2 Å². The van der Waals surface area contributed by atoms with Crippen LogP contribution >= 0.6 is 0 Å². The van der Waals surface area contributed by atoms with Crippen molar-refractivity contribution < 1.29 is 10.2 Å². The summed E-state index contributed by atoms with van der Waals surface area (Å²) in [7, 11) is 0. The number of phenolic OH excluding ortho intramolecular Hbond substituents is 2. The Bertz CT molecular complexity index is 510. The fourth-order valence-corrected chi connectivity index (χ4v) is 1.84. The molecule has 16 heavy (non-hydrogen) atoms. The molecule has 0 aliphatic carbocycles. The standard InChI is InChI=1S/C14H14O2/c1-9-4-3-5-13(16)14(9)11-6-7-12(15)10(2)8-11/h3-8,15-16H,1-2H3. The molecule has 2 N–H and O–H groups in total. The van der Waals surface area contributed by atoms with Gasteiger partial charge >= 0.3 is 0 Å². The minimum absolute atomic E-state index is 0.269. The first kappa shape index (κ1) is 10.6. The molecule has 2 aromatic carbocycles. The van der Waals surface area contributed by atoms with Crippen molar-refractivity contribution >= 4 is 0 Å². The Labute approximate surface area is 94.8 Å². The minimum atomic E-state index is 0.269. The van der Waals surface area contributed by atoms with E-state index in [0.717, 1.165) is 22.3 Å². The number of aryl methyl sites for hydroxylation is 2. The van der Waals surface area contributed by atoms with Crippen LogP contribution in [0.3, 0.4) is 0 Å². The smallest absolute Gasteiger partial charge is 0.123 e. The van der Waals surface area contributed by atoms with Crippen LogP contribution in [0.4, 0.5) is 0 Å². The molecular weight excluding hydrogens is 200 g/mol. The number of benzene rings is 2. The zero-order valence-corrected chi connectivity index (χ0v) is 9.36. The molecule has 2 aromatic rings. The van der Waals surface area contributed by atoms with Gasteiger partial charge in [-0.1, -0.05) is 18.2 Å². The Kier molecular flexibility index (Phi) is 2.57. The molecule has 0 atom stereocenters. The zero-order valence-electron chi connectivity index (χ0n) is 9.36. The minimum Gasteiger partial charge on any atom is -0.508 e. The molecule has 0 spiro atoms. The van der Waals surface area contributed by atoms with Crippen LogP contribution in [0.15, 0.2) is 36.4 Å². The van der Waals surface area contributed by atoms with Gasteiger partial charge in [0.1, 0.15) is 11.5 Å². The van der Waals surface area contributed by atoms with Crippen LogP contribution in [-0.4, -0.2) is 10.2 Å². The fraction of sp³-hybridized carbons (Fsp3) is 0.143. The maximum absolute atomic E-state index is 9.84. The van der Waals surface area contributed by atoms with Crippen LogP contribution in [0.2, 0.25) is 0 Å². The number of hydrogen-bond acceptors (Lipinski definition) is 2. The molecule has 0 unspecified atom stereocenters. The second-order valence-electron chi connectivity index (χ2n) is 3.97. The lowest BCUT2D eigenvalue weighted by atomic mass is 9.98. The summed E-state index contributed by atoms with van der Waals surface area (Å²) in [5.41, 5.74) is 3.57. The number of hydrogen-bond donors (Lipinski definition) is 2. The first-order chi connectivity index (χ1) is 7.59. The van der Waals surface area contributed by atoms with Crippen LogP contribution in [0.5, 0.6) is 11.5 Å². The predicted octanol–water partition coefficient (Wildman–Crippen LogP) is 3.38. The normalized spacial score (nSPS) is 10.4. The number of aromatic hydroxyl groups is 2. The Morgan fingerprint density at radius 1 is 0.812 bits per heavy atom. The van der Waals surface area contributed by atoms with Gasteiger partial charge in [-0.2, -0.15) is 0 Å². The highest BCUT2D eigenvalue weighted by Gasteiger charge is 2.08. The Morgan fingerprint density at radius 3 is 2.19 bits per heavy atom. The van der Waals surface area contributed by atoms with Crippen molar-refractivity contribution in [1.29, 1.82) is 0 Å². The van der Waals surface area contributed by atoms with E-state index in [1.807, 2.05) is 38.1 Å². The molecule has 82 valence electrons. The molecule has 2 nitrogen and oxygen atoms in total. The molecule has 2 heteroatoms. The molecule has 0 heterocycles. The highest BCUT2D eigenvalue weighted by Crippen LogP contribution is 2.34. The Morgan fingerprint density at radius 2 is 1.56 bits per heavy atom. The Hall–Kier alpha value is -1.96. The maximum atomic E-state index is 9.84. The molecule has 0 saturated heterocycles. The summed E-state index contributed by atoms with van der Waals surface area (Å²) in [6.07, 6.45) is 0. The van der Waals surface area contributed by atoms with Crippen molar-refractivity contribution in [1.82, 2.24) is 0 Å². The summed E-state index contributed by atoms with van der Waals surface area (Å²) in [5.74, 6) is 0.543. The molecule has 0 aliphatic heterocycles. The molecular formula is C14H14O2. The first-order valence-electron chi connectivity index (χ1n) is 5.18. The van der Waals surface area contributed by atoms with Gasteiger partial charge in [-0.05, 0) is 48.7 Å². The SMILES string of the molecule is Cc1cc(-c2c(C)cccc2O)ccc1O. The van der Waals surface area contributed by atoms with Gasteiger partial charge < -0.3 is 10.2 Å². The summed E-state index contributed by atoms with van der Waals surface area (Å²) < 4.78 is 0. The monoisotopic (exact) mass is 214 g/mol. The third kappa shape index (κ3) is 1.74. The van der Waals surface area contributed by atoms with E-state index in [1.165, 1.54) is 0 Å². The van der Waals surface area contributed by atoms with E-state index < -0.39 is 0 Å². The highest BCUT2D eigenvalue weighted by molar-refractivity contribution is 5.74. The summed E-state index contributed by atoms with van der Waals surface area (Å²) in [6.45, 7) is 3.80. The molecule has 0 radical (unpaired) electrons. The zero-order chi connectivity index (χ0) is 11.7. The summed E-state index contributed by atoms with van der Waals surface area (Å²) in [6, 6.07) is 10.8. The van der Waals surface area contributed by atoms with E-state index in [1.54, 1.807) is 12.1 Å². The fourth-order valence-electron chi connectivity index (χ4n) is 1.84. The van der Waals surface area contributed by atoms with Crippen molar-refractivity contribution in [3.05, 3.63) is 47.5 Å². The van der Waals surface area contributed by atoms with E-state index in [2.05, 4.69) is 0 Å². The maximum Gasteiger partial charge on any atom is 0.123 e. The van der Waals surface area contributed by atoms with Crippen molar-refractivity contribution in [3.63, 3.8) is 0 Å². The largest absolute Gasteiger partial charge is 0.508 e. The third-order valence-electron chi connectivity index (χ3n) is 2.74. The predicted molar refractivity (Wildman–Crippen MR) is 64.7 cm³/mol. The molecule has 0 aliphatic rings. The second kappa shape index (κ2) is 3.89. The Balaban J connectivity index is 2.63. The lowest BCUT2D eigenvalue weighted by Gasteiger charge is -2.09. The van der Waals surface area contributed by atoms with E-state index >= 15 is 0 Å². The van der Waals surface area contributed by atoms with Gasteiger partial charge in [-0.25, -0.2) is 0 Å². The summed E-state index contributed by atoms with van der Waals surface area (Å²) >= 11 is 0. The van der Waals surface area contributed by atoms with Gasteiger partial charge in [-0.15, -0.1) is 0 Å². The molecule has 2 rings (SSSR count). The topological polar surface area (TPSA) is 40.5 Å². The van der Waals surface area contributed by atoms with Crippen molar-refractivity contribution in [2.75, 3.05) is 0 Å². The van der Waals surface area contributed by atoms with E-state index in [4.69, 9.17) is 0 Å². The third-order valence-corrected chi connectivity index (χ3v) is 2.74. The first-order valence-corrected chi connectivity index (χ1v) is 5.18. The van der Waals surface area contributed by atoms with Crippen molar-refractivity contribution in [3.8, 4) is 22.6 Å². The van der Waals surface area contributed by atoms with Crippen LogP contribution in [-0.2, 0) is 0 Å². The average molecular weight is 214 g/mol.